The fourth-order valence-electron chi connectivity index (χ4n) is 0.766. The van der Waals surface area contributed by atoms with E-state index in [0.29, 0.717) is 12.2 Å². The monoisotopic (exact) mass is 215 g/mol. The van der Waals surface area contributed by atoms with Gasteiger partial charge in [-0.3, -0.25) is 4.68 Å². The molecule has 12 heavy (non-hydrogen) atoms. The maximum Gasteiger partial charge on any atom is 0.109 e. The summed E-state index contributed by atoms with van der Waals surface area (Å²) in [6.07, 6.45) is 1.53. The van der Waals surface area contributed by atoms with Crippen molar-refractivity contribution in [1.82, 2.24) is 9.78 Å². The highest BCUT2D eigenvalue weighted by Crippen LogP contribution is 2.07. The van der Waals surface area contributed by atoms with Crippen LogP contribution in [0.3, 0.4) is 0 Å². The largest absolute Gasteiger partial charge is 0.396 e. The van der Waals surface area contributed by atoms with Crippen molar-refractivity contribution in [3.8, 4) is 0 Å². The van der Waals surface area contributed by atoms with Crippen molar-refractivity contribution in [1.29, 1.82) is 0 Å². The Morgan fingerprint density at radius 2 is 2.17 bits per heavy atom. The third kappa shape index (κ3) is 2.87. The van der Waals surface area contributed by atoms with Gasteiger partial charge in [-0.2, -0.15) is 5.10 Å². The quantitative estimate of drug-likeness (QED) is 0.815. The lowest BCUT2D eigenvalue weighted by Crippen LogP contribution is -2.03. The molecule has 1 rings (SSSR count). The Morgan fingerprint density at radius 3 is 2.50 bits per heavy atom. The van der Waals surface area contributed by atoms with Gasteiger partial charge in [-0.05, 0) is 6.92 Å². The van der Waals surface area contributed by atoms with Crippen LogP contribution in [-0.2, 0) is 6.54 Å². The number of halogens is 3. The van der Waals surface area contributed by atoms with Crippen LogP contribution in [0.15, 0.2) is 6.20 Å². The fraction of sp³-hybridized carbons (Fsp3) is 0.500. The zero-order valence-corrected chi connectivity index (χ0v) is 8.29. The molecule has 1 heterocycles. The predicted octanol–water partition coefficient (Wildman–Crippen LogP) is 1.59. The second-order valence-electron chi connectivity index (χ2n) is 2.10. The molecule has 0 atom stereocenters. The second kappa shape index (κ2) is 6.08. The van der Waals surface area contributed by atoms with E-state index < -0.39 is 6.67 Å². The molecule has 6 heteroatoms. The van der Waals surface area contributed by atoms with Crippen molar-refractivity contribution in [2.75, 3.05) is 12.4 Å². The molecule has 0 aliphatic rings. The SMILES string of the molecule is Cc1c(N)cnn1CCF.Cl.Cl. The number of hydrogen-bond acceptors (Lipinski definition) is 2. The summed E-state index contributed by atoms with van der Waals surface area (Å²) in [4.78, 5) is 0. The Hall–Kier alpha value is -0.480. The van der Waals surface area contributed by atoms with Crippen LogP contribution in [0.4, 0.5) is 10.1 Å². The van der Waals surface area contributed by atoms with Crippen LogP contribution < -0.4 is 5.73 Å². The first-order valence-corrected chi connectivity index (χ1v) is 3.09. The first-order chi connectivity index (χ1) is 4.75. The zero-order valence-electron chi connectivity index (χ0n) is 6.66. The number of aromatic nitrogens is 2. The Kier molecular flexibility index (Phi) is 7.13. The minimum atomic E-state index is -0.401. The van der Waals surface area contributed by atoms with Crippen LogP contribution in [0.1, 0.15) is 5.69 Å². The first-order valence-electron chi connectivity index (χ1n) is 3.09. The molecule has 0 aliphatic carbocycles. The number of aryl methyl sites for hydroxylation is 1. The van der Waals surface area contributed by atoms with E-state index in [9.17, 15) is 4.39 Å². The summed E-state index contributed by atoms with van der Waals surface area (Å²) >= 11 is 0. The van der Waals surface area contributed by atoms with Gasteiger partial charge in [0.15, 0.2) is 0 Å². The van der Waals surface area contributed by atoms with E-state index in [1.54, 1.807) is 4.68 Å². The average molecular weight is 216 g/mol. The van der Waals surface area contributed by atoms with E-state index in [-0.39, 0.29) is 24.8 Å². The predicted molar refractivity (Wildman–Crippen MR) is 51.8 cm³/mol. The van der Waals surface area contributed by atoms with Gasteiger partial charge < -0.3 is 5.73 Å². The first kappa shape index (κ1) is 14.1. The molecule has 1 aromatic rings. The molecule has 0 unspecified atom stereocenters. The summed E-state index contributed by atoms with van der Waals surface area (Å²) in [6.45, 7) is 1.71. The smallest absolute Gasteiger partial charge is 0.109 e. The van der Waals surface area contributed by atoms with Gasteiger partial charge >= 0.3 is 0 Å². The minimum Gasteiger partial charge on any atom is -0.396 e. The van der Waals surface area contributed by atoms with E-state index in [4.69, 9.17) is 5.73 Å². The maximum absolute atomic E-state index is 11.8. The van der Waals surface area contributed by atoms with E-state index in [0.717, 1.165) is 5.69 Å². The van der Waals surface area contributed by atoms with Gasteiger partial charge in [0, 0.05) is 0 Å². The molecule has 0 saturated carbocycles. The number of rotatable bonds is 2. The third-order valence-electron chi connectivity index (χ3n) is 1.44. The molecule has 0 bridgehead atoms. The molecule has 3 nitrogen and oxygen atoms in total. The molecule has 0 radical (unpaired) electrons. The Labute approximate surface area is 82.9 Å². The van der Waals surface area contributed by atoms with E-state index >= 15 is 0 Å². The summed E-state index contributed by atoms with van der Waals surface area (Å²) in [6, 6.07) is 0. The van der Waals surface area contributed by atoms with Gasteiger partial charge in [0.25, 0.3) is 0 Å². The third-order valence-corrected chi connectivity index (χ3v) is 1.44. The number of anilines is 1. The van der Waals surface area contributed by atoms with Gasteiger partial charge in [0.1, 0.15) is 6.67 Å². The average Bonchev–Trinajstić information content (AvgIpc) is 2.20. The molecule has 72 valence electrons. The van der Waals surface area contributed by atoms with E-state index in [1.807, 2.05) is 6.92 Å². The van der Waals surface area contributed by atoms with E-state index in [2.05, 4.69) is 5.10 Å². The molecular formula is C6H12Cl2FN3. The molecule has 0 aliphatic heterocycles. The summed E-state index contributed by atoms with van der Waals surface area (Å²) in [5.74, 6) is 0. The molecule has 0 spiro atoms. The summed E-state index contributed by atoms with van der Waals surface area (Å²) in [7, 11) is 0. The lowest BCUT2D eigenvalue weighted by atomic mass is 10.4. The lowest BCUT2D eigenvalue weighted by molar-refractivity contribution is 0.423. The summed E-state index contributed by atoms with van der Waals surface area (Å²) < 4.78 is 13.3. The Bertz CT molecular complexity index is 227. The fourth-order valence-corrected chi connectivity index (χ4v) is 0.766. The van der Waals surface area contributed by atoms with Gasteiger partial charge in [-0.25, -0.2) is 4.39 Å². The molecular weight excluding hydrogens is 204 g/mol. The van der Waals surface area contributed by atoms with E-state index in [1.165, 1.54) is 6.20 Å². The van der Waals surface area contributed by atoms with Crippen molar-refractivity contribution in [3.63, 3.8) is 0 Å². The highest BCUT2D eigenvalue weighted by Gasteiger charge is 2.00. The van der Waals surface area contributed by atoms with Crippen molar-refractivity contribution < 1.29 is 4.39 Å². The number of nitrogens with zero attached hydrogens (tertiary/aromatic N) is 2. The van der Waals surface area contributed by atoms with Crippen molar-refractivity contribution in [2.24, 2.45) is 0 Å². The highest BCUT2D eigenvalue weighted by molar-refractivity contribution is 5.85. The lowest BCUT2D eigenvalue weighted by Gasteiger charge is -1.98. The van der Waals surface area contributed by atoms with Gasteiger partial charge in [0.05, 0.1) is 24.1 Å². The normalized spacial score (nSPS) is 8.50. The second-order valence-corrected chi connectivity index (χ2v) is 2.10. The molecule has 2 N–H and O–H groups in total. The van der Waals surface area contributed by atoms with Gasteiger partial charge in [-0.15, -0.1) is 24.8 Å². The molecule has 0 aromatic carbocycles. The van der Waals surface area contributed by atoms with Gasteiger partial charge in [-0.1, -0.05) is 0 Å². The molecule has 0 saturated heterocycles. The standard InChI is InChI=1S/C6H10FN3.2ClH/c1-5-6(8)4-9-10(5)3-2-7;;/h4H,2-3,8H2,1H3;2*1H. The molecule has 1 aromatic heterocycles. The van der Waals surface area contributed by atoms with Crippen molar-refractivity contribution in [2.45, 2.75) is 13.5 Å². The van der Waals surface area contributed by atoms with Crippen molar-refractivity contribution >= 4 is 30.5 Å². The number of nitrogens with two attached hydrogens (primary N) is 1. The summed E-state index contributed by atoms with van der Waals surface area (Å²) in [5.41, 5.74) is 6.92. The van der Waals surface area contributed by atoms with Crippen LogP contribution in [0, 0.1) is 6.92 Å². The van der Waals surface area contributed by atoms with Crippen LogP contribution in [0.25, 0.3) is 0 Å². The van der Waals surface area contributed by atoms with Crippen LogP contribution in [0.5, 0.6) is 0 Å². The zero-order chi connectivity index (χ0) is 7.56. The topological polar surface area (TPSA) is 43.8 Å². The Balaban J connectivity index is 0. The summed E-state index contributed by atoms with van der Waals surface area (Å²) in [5, 5.41) is 3.86. The highest BCUT2D eigenvalue weighted by atomic mass is 35.5. The van der Waals surface area contributed by atoms with Crippen LogP contribution >= 0.6 is 24.8 Å². The van der Waals surface area contributed by atoms with Crippen LogP contribution in [0.2, 0.25) is 0 Å². The Morgan fingerprint density at radius 1 is 1.58 bits per heavy atom. The molecule has 0 amide bonds. The number of hydrogen-bond donors (Lipinski definition) is 1. The molecule has 0 fully saturated rings. The number of alkyl halides is 1. The van der Waals surface area contributed by atoms with Crippen molar-refractivity contribution in [3.05, 3.63) is 11.9 Å². The minimum absolute atomic E-state index is 0. The maximum atomic E-state index is 11.8. The number of nitrogen functional groups attached to an aromatic ring is 1. The van der Waals surface area contributed by atoms with Crippen LogP contribution in [-0.4, -0.2) is 16.5 Å². The van der Waals surface area contributed by atoms with Gasteiger partial charge in [0.2, 0.25) is 0 Å².